The molecular weight excluding hydrogens is 277 g/mol. The van der Waals surface area contributed by atoms with Crippen molar-refractivity contribution in [2.75, 3.05) is 13.6 Å². The first kappa shape index (κ1) is 13.0. The summed E-state index contributed by atoms with van der Waals surface area (Å²) >= 11 is 12.3. The van der Waals surface area contributed by atoms with Crippen molar-refractivity contribution < 1.29 is 0 Å². The van der Waals surface area contributed by atoms with Gasteiger partial charge in [-0.15, -0.1) is 0 Å². The number of nitrogens with zero attached hydrogens (tertiary/aromatic N) is 1. The molecule has 0 aliphatic carbocycles. The van der Waals surface area contributed by atoms with Gasteiger partial charge in [0, 0.05) is 19.0 Å². The molecule has 0 N–H and O–H groups in total. The Morgan fingerprint density at radius 1 is 1.05 bits per heavy atom. The fraction of sp³-hybridized carbons (Fsp3) is 0.250. The fourth-order valence-corrected chi connectivity index (χ4v) is 3.16. The molecule has 98 valence electrons. The summed E-state index contributed by atoms with van der Waals surface area (Å²) < 4.78 is 0. The van der Waals surface area contributed by atoms with Gasteiger partial charge < -0.3 is 4.90 Å². The van der Waals surface area contributed by atoms with Crippen molar-refractivity contribution in [3.05, 3.63) is 69.2 Å². The molecule has 1 nitrogen and oxygen atoms in total. The first-order chi connectivity index (χ1) is 9.15. The van der Waals surface area contributed by atoms with Crippen LogP contribution in [0.1, 0.15) is 22.6 Å². The lowest BCUT2D eigenvalue weighted by molar-refractivity contribution is 0.295. The molecule has 0 radical (unpaired) electrons. The lowest BCUT2D eigenvalue weighted by atomic mass is 9.85. The van der Waals surface area contributed by atoms with Gasteiger partial charge in [0.15, 0.2) is 0 Å². The number of rotatable bonds is 1. The molecule has 2 aromatic rings. The minimum absolute atomic E-state index is 0.365. The normalized spacial score (nSPS) is 19.2. The van der Waals surface area contributed by atoms with Crippen LogP contribution in [0.4, 0.5) is 0 Å². The van der Waals surface area contributed by atoms with Crippen molar-refractivity contribution in [2.24, 2.45) is 0 Å². The van der Waals surface area contributed by atoms with E-state index in [0.29, 0.717) is 16.0 Å². The SMILES string of the molecule is CN1Cc2cc(Cl)c(Cl)cc2C(c2ccccc2)C1. The van der Waals surface area contributed by atoms with Crippen LogP contribution in [0.2, 0.25) is 10.0 Å². The number of benzene rings is 2. The monoisotopic (exact) mass is 291 g/mol. The second-order valence-electron chi connectivity index (χ2n) is 5.13. The summed E-state index contributed by atoms with van der Waals surface area (Å²) in [6, 6.07) is 14.6. The number of likely N-dealkylation sites (N-methyl/N-ethyl adjacent to an activating group) is 1. The van der Waals surface area contributed by atoms with Crippen LogP contribution in [0.3, 0.4) is 0 Å². The van der Waals surface area contributed by atoms with Crippen LogP contribution in [0.15, 0.2) is 42.5 Å². The third kappa shape index (κ3) is 2.51. The van der Waals surface area contributed by atoms with E-state index in [1.807, 2.05) is 18.2 Å². The zero-order valence-electron chi connectivity index (χ0n) is 10.7. The Morgan fingerprint density at radius 3 is 2.47 bits per heavy atom. The van der Waals surface area contributed by atoms with Crippen molar-refractivity contribution >= 4 is 23.2 Å². The van der Waals surface area contributed by atoms with Crippen molar-refractivity contribution in [1.82, 2.24) is 4.90 Å². The van der Waals surface area contributed by atoms with E-state index < -0.39 is 0 Å². The van der Waals surface area contributed by atoms with Crippen LogP contribution in [0, 0.1) is 0 Å². The molecule has 0 aromatic heterocycles. The summed E-state index contributed by atoms with van der Waals surface area (Å²) in [7, 11) is 2.14. The average molecular weight is 292 g/mol. The van der Waals surface area contributed by atoms with Gasteiger partial charge >= 0.3 is 0 Å². The number of hydrogen-bond donors (Lipinski definition) is 0. The molecule has 0 bridgehead atoms. The van der Waals surface area contributed by atoms with Gasteiger partial charge in [0.25, 0.3) is 0 Å². The lowest BCUT2D eigenvalue weighted by Crippen LogP contribution is -2.31. The van der Waals surface area contributed by atoms with Gasteiger partial charge in [-0.2, -0.15) is 0 Å². The molecule has 0 saturated carbocycles. The molecule has 2 aromatic carbocycles. The van der Waals surface area contributed by atoms with Gasteiger partial charge in [0.2, 0.25) is 0 Å². The van der Waals surface area contributed by atoms with Gasteiger partial charge in [-0.3, -0.25) is 0 Å². The molecule has 0 spiro atoms. The zero-order valence-corrected chi connectivity index (χ0v) is 12.2. The van der Waals surface area contributed by atoms with Gasteiger partial charge in [0.1, 0.15) is 0 Å². The predicted molar refractivity (Wildman–Crippen MR) is 81.1 cm³/mol. The Labute approximate surface area is 123 Å². The van der Waals surface area contributed by atoms with Crippen LogP contribution in [0.25, 0.3) is 0 Å². The molecule has 1 aliphatic heterocycles. The van der Waals surface area contributed by atoms with Crippen molar-refractivity contribution in [2.45, 2.75) is 12.5 Å². The molecule has 0 saturated heterocycles. The van der Waals surface area contributed by atoms with E-state index in [0.717, 1.165) is 13.1 Å². The molecular formula is C16H15Cl2N. The quantitative estimate of drug-likeness (QED) is 0.744. The number of hydrogen-bond acceptors (Lipinski definition) is 1. The van der Waals surface area contributed by atoms with E-state index in [4.69, 9.17) is 23.2 Å². The van der Waals surface area contributed by atoms with Crippen molar-refractivity contribution in [3.8, 4) is 0 Å². The summed E-state index contributed by atoms with van der Waals surface area (Å²) in [5, 5.41) is 1.29. The van der Waals surface area contributed by atoms with Crippen LogP contribution in [-0.2, 0) is 6.54 Å². The first-order valence-electron chi connectivity index (χ1n) is 6.36. The topological polar surface area (TPSA) is 3.24 Å². The van der Waals surface area contributed by atoms with Gasteiger partial charge in [-0.05, 0) is 35.9 Å². The summed E-state index contributed by atoms with van der Waals surface area (Å²) in [6.45, 7) is 1.94. The van der Waals surface area contributed by atoms with Crippen LogP contribution >= 0.6 is 23.2 Å². The molecule has 3 heteroatoms. The minimum Gasteiger partial charge on any atom is -0.301 e. The molecule has 1 heterocycles. The average Bonchev–Trinajstić information content (AvgIpc) is 2.41. The number of halogens is 2. The third-order valence-electron chi connectivity index (χ3n) is 3.69. The molecule has 1 aliphatic rings. The highest BCUT2D eigenvalue weighted by Gasteiger charge is 2.25. The molecule has 0 amide bonds. The van der Waals surface area contributed by atoms with E-state index in [-0.39, 0.29) is 0 Å². The standard InChI is InChI=1S/C16H15Cl2N/c1-19-9-12-7-15(17)16(18)8-13(12)14(10-19)11-5-3-2-4-6-11/h2-8,14H,9-10H2,1H3. The smallest absolute Gasteiger partial charge is 0.0595 e. The predicted octanol–water partition coefficient (Wildman–Crippen LogP) is 4.57. The minimum atomic E-state index is 0.365. The second-order valence-corrected chi connectivity index (χ2v) is 5.94. The largest absolute Gasteiger partial charge is 0.301 e. The van der Waals surface area contributed by atoms with E-state index in [2.05, 4.69) is 36.2 Å². The maximum Gasteiger partial charge on any atom is 0.0595 e. The Hall–Kier alpha value is -1.02. The van der Waals surface area contributed by atoms with Crippen LogP contribution in [0.5, 0.6) is 0 Å². The van der Waals surface area contributed by atoms with E-state index in [9.17, 15) is 0 Å². The second kappa shape index (κ2) is 5.16. The van der Waals surface area contributed by atoms with Gasteiger partial charge in [-0.25, -0.2) is 0 Å². The lowest BCUT2D eigenvalue weighted by Gasteiger charge is -2.33. The Morgan fingerprint density at radius 2 is 1.74 bits per heavy atom. The molecule has 0 fully saturated rings. The van der Waals surface area contributed by atoms with Crippen molar-refractivity contribution in [3.63, 3.8) is 0 Å². The van der Waals surface area contributed by atoms with E-state index >= 15 is 0 Å². The summed E-state index contributed by atoms with van der Waals surface area (Å²) in [4.78, 5) is 2.32. The van der Waals surface area contributed by atoms with Gasteiger partial charge in [-0.1, -0.05) is 53.5 Å². The Balaban J connectivity index is 2.12. The first-order valence-corrected chi connectivity index (χ1v) is 7.12. The highest BCUT2D eigenvalue weighted by Crippen LogP contribution is 2.37. The van der Waals surface area contributed by atoms with E-state index in [1.54, 1.807) is 0 Å². The maximum absolute atomic E-state index is 6.19. The summed E-state index contributed by atoms with van der Waals surface area (Å²) in [5.41, 5.74) is 3.91. The van der Waals surface area contributed by atoms with E-state index in [1.165, 1.54) is 16.7 Å². The molecule has 19 heavy (non-hydrogen) atoms. The summed E-state index contributed by atoms with van der Waals surface area (Å²) in [5.74, 6) is 0.365. The Kier molecular flexibility index (Phi) is 3.53. The number of fused-ring (bicyclic) bond motifs is 1. The van der Waals surface area contributed by atoms with Gasteiger partial charge in [0.05, 0.1) is 10.0 Å². The molecule has 1 unspecified atom stereocenters. The fourth-order valence-electron chi connectivity index (χ4n) is 2.80. The molecule has 1 atom stereocenters. The highest BCUT2D eigenvalue weighted by atomic mass is 35.5. The Bertz CT molecular complexity index is 595. The summed E-state index contributed by atoms with van der Waals surface area (Å²) in [6.07, 6.45) is 0. The van der Waals surface area contributed by atoms with Crippen molar-refractivity contribution in [1.29, 1.82) is 0 Å². The van der Waals surface area contributed by atoms with Crippen LogP contribution < -0.4 is 0 Å². The molecule has 3 rings (SSSR count). The van der Waals surface area contributed by atoms with Crippen LogP contribution in [-0.4, -0.2) is 18.5 Å². The zero-order chi connectivity index (χ0) is 13.4. The maximum atomic E-state index is 6.19. The highest BCUT2D eigenvalue weighted by molar-refractivity contribution is 6.42. The third-order valence-corrected chi connectivity index (χ3v) is 4.42.